The van der Waals surface area contributed by atoms with E-state index in [0.29, 0.717) is 12.1 Å². The van der Waals surface area contributed by atoms with Gasteiger partial charge in [0, 0.05) is 25.7 Å². The van der Waals surface area contributed by atoms with Gasteiger partial charge in [0.25, 0.3) is 0 Å². The largest absolute Gasteiger partial charge is 0.673 e. The average molecular weight is 393 g/mol. The summed E-state index contributed by atoms with van der Waals surface area (Å²) in [6.07, 6.45) is 12.1. The van der Waals surface area contributed by atoms with Gasteiger partial charge in [0.05, 0.1) is 25.3 Å². The van der Waals surface area contributed by atoms with Gasteiger partial charge < -0.3 is 26.7 Å². The van der Waals surface area contributed by atoms with Crippen molar-refractivity contribution >= 4 is 13.2 Å². The molecule has 4 atom stereocenters. The Hall–Kier alpha value is -1.03. The van der Waals surface area contributed by atoms with E-state index < -0.39 is 7.25 Å². The van der Waals surface area contributed by atoms with E-state index in [1.54, 1.807) is 0 Å². The number of nitrogens with zero attached hydrogens (tertiary/aromatic N) is 1. The molecule has 0 radical (unpaired) electrons. The summed E-state index contributed by atoms with van der Waals surface area (Å²) in [6.45, 7) is 1.80. The molecule has 10 heteroatoms. The van der Waals surface area contributed by atoms with Crippen LogP contribution in [0.5, 0.6) is 0 Å². The first-order valence-corrected chi connectivity index (χ1v) is 10.1. The van der Waals surface area contributed by atoms with Gasteiger partial charge in [-0.05, 0) is 38.5 Å². The van der Waals surface area contributed by atoms with Crippen LogP contribution < -0.4 is 10.6 Å². The minimum Gasteiger partial charge on any atom is -0.418 e. The molecule has 0 aliphatic carbocycles. The van der Waals surface area contributed by atoms with Gasteiger partial charge in [-0.15, -0.1) is 0 Å². The second-order valence-corrected chi connectivity index (χ2v) is 8.39. The van der Waals surface area contributed by atoms with Crippen LogP contribution in [-0.2, 0) is 9.47 Å². The Balaban J connectivity index is 0.000000323. The normalized spacial score (nSPS) is 40.7. The first-order chi connectivity index (χ1) is 12.8. The third-order valence-electron chi connectivity index (χ3n) is 6.41. The second kappa shape index (κ2) is 7.10. The van der Waals surface area contributed by atoms with E-state index in [2.05, 4.69) is 15.2 Å². The molecule has 5 aliphatic heterocycles. The Kier molecular flexibility index (Phi) is 5.07. The molecule has 0 amide bonds. The Bertz CT molecular complexity index is 541. The maximum absolute atomic E-state index is 9.75. The monoisotopic (exact) mass is 393 g/mol. The van der Waals surface area contributed by atoms with Crippen LogP contribution in [-0.4, -0.2) is 54.5 Å². The molecule has 0 bridgehead atoms. The molecular formula is C17H28BF4N3O2. The van der Waals surface area contributed by atoms with Crippen LogP contribution in [0.2, 0.25) is 0 Å². The minimum absolute atomic E-state index is 0.121. The molecular weight excluding hydrogens is 365 g/mol. The molecule has 0 aromatic rings. The average Bonchev–Trinajstić information content (AvgIpc) is 2.97. The lowest BCUT2D eigenvalue weighted by molar-refractivity contribution is -0.602. The van der Waals surface area contributed by atoms with E-state index in [4.69, 9.17) is 9.47 Å². The van der Waals surface area contributed by atoms with Crippen molar-refractivity contribution in [2.45, 2.75) is 87.7 Å². The number of guanidine groups is 1. The van der Waals surface area contributed by atoms with E-state index >= 15 is 0 Å². The molecule has 0 aromatic carbocycles. The number of hydrogen-bond donors (Lipinski definition) is 2. The summed E-state index contributed by atoms with van der Waals surface area (Å²) in [5.74, 6) is 1.20. The van der Waals surface area contributed by atoms with Gasteiger partial charge in [-0.2, -0.15) is 0 Å². The van der Waals surface area contributed by atoms with Crippen molar-refractivity contribution in [2.75, 3.05) is 13.2 Å². The highest BCUT2D eigenvalue weighted by Crippen LogP contribution is 2.41. The Morgan fingerprint density at radius 3 is 1.63 bits per heavy atom. The molecule has 5 nitrogen and oxygen atoms in total. The Morgan fingerprint density at radius 1 is 0.815 bits per heavy atom. The van der Waals surface area contributed by atoms with Gasteiger partial charge in [-0.1, -0.05) is 0 Å². The van der Waals surface area contributed by atoms with Gasteiger partial charge in [-0.25, -0.2) is 10.6 Å². The summed E-state index contributed by atoms with van der Waals surface area (Å²) in [5.41, 5.74) is -0.242. The standard InChI is InChI=1S/C17H27N3O2.BF4/c1-3-9-21-16(7-1)11-13-5-6-14-12-17(8-2-4-10-22-17)19-15(18-16)20(13)14;2-1(3,4)5/h13-14H,1-12H2,(H,18,19);/q;-1/p+1/t13-,14+,16-,17+;. The van der Waals surface area contributed by atoms with Crippen LogP contribution in [0.15, 0.2) is 0 Å². The molecule has 3 saturated heterocycles. The molecule has 2 spiro atoms. The zero-order valence-corrected chi connectivity index (χ0v) is 15.5. The van der Waals surface area contributed by atoms with Crippen LogP contribution in [0, 0.1) is 0 Å². The van der Waals surface area contributed by atoms with Gasteiger partial charge in [0.15, 0.2) is 11.4 Å². The second-order valence-electron chi connectivity index (χ2n) is 8.39. The zero-order valence-electron chi connectivity index (χ0n) is 15.5. The highest BCUT2D eigenvalue weighted by Gasteiger charge is 2.56. The molecule has 5 aliphatic rings. The smallest absolute Gasteiger partial charge is 0.418 e. The van der Waals surface area contributed by atoms with Crippen molar-refractivity contribution in [1.82, 2.24) is 10.6 Å². The van der Waals surface area contributed by atoms with Gasteiger partial charge in [-0.3, -0.25) is 4.58 Å². The van der Waals surface area contributed by atoms with Crippen molar-refractivity contribution in [3.63, 3.8) is 0 Å². The Labute approximate surface area is 157 Å². The number of hydrogen-bond acceptors (Lipinski definition) is 4. The molecule has 154 valence electrons. The summed E-state index contributed by atoms with van der Waals surface area (Å²) >= 11 is 0. The lowest BCUT2D eigenvalue weighted by Crippen LogP contribution is -2.72. The number of ether oxygens (including phenoxy) is 2. The van der Waals surface area contributed by atoms with E-state index in [1.807, 2.05) is 0 Å². The first kappa shape index (κ1) is 19.3. The van der Waals surface area contributed by atoms with Crippen LogP contribution in [0.1, 0.15) is 64.2 Å². The zero-order chi connectivity index (χ0) is 19.1. The highest BCUT2D eigenvalue weighted by atomic mass is 19.5. The van der Waals surface area contributed by atoms with Crippen LogP contribution in [0.3, 0.4) is 0 Å². The summed E-state index contributed by atoms with van der Waals surface area (Å²) in [7, 11) is -6.00. The third-order valence-corrected chi connectivity index (χ3v) is 6.41. The fourth-order valence-electron chi connectivity index (χ4n) is 5.41. The molecule has 0 saturated carbocycles. The van der Waals surface area contributed by atoms with Gasteiger partial charge in [0.2, 0.25) is 0 Å². The van der Waals surface area contributed by atoms with E-state index in [9.17, 15) is 17.3 Å². The predicted molar refractivity (Wildman–Crippen MR) is 92.8 cm³/mol. The third kappa shape index (κ3) is 4.21. The van der Waals surface area contributed by atoms with Gasteiger partial charge >= 0.3 is 13.2 Å². The fourth-order valence-corrected chi connectivity index (χ4v) is 5.41. The van der Waals surface area contributed by atoms with Crippen molar-refractivity contribution in [3.8, 4) is 0 Å². The molecule has 5 rings (SSSR count). The summed E-state index contributed by atoms with van der Waals surface area (Å²) in [6, 6.07) is 1.29. The maximum atomic E-state index is 9.75. The lowest BCUT2D eigenvalue weighted by Gasteiger charge is -2.47. The lowest BCUT2D eigenvalue weighted by atomic mass is 9.91. The number of halogens is 4. The Morgan fingerprint density at radius 2 is 1.26 bits per heavy atom. The van der Waals surface area contributed by atoms with Crippen molar-refractivity contribution in [3.05, 3.63) is 0 Å². The van der Waals surface area contributed by atoms with Crippen LogP contribution in [0.25, 0.3) is 0 Å². The SMILES string of the molecule is C1CC[C@@]2(C[C@@H]3CC[C@@H]4C[C@]5(CCCCO5)NC(=[N+]43)N2)OC1.F[B-](F)(F)F. The van der Waals surface area contributed by atoms with E-state index in [-0.39, 0.29) is 11.4 Å². The van der Waals surface area contributed by atoms with E-state index in [1.165, 1.54) is 44.5 Å². The highest BCUT2D eigenvalue weighted by molar-refractivity contribution is 6.50. The van der Waals surface area contributed by atoms with E-state index in [0.717, 1.165) is 38.9 Å². The summed E-state index contributed by atoms with van der Waals surface area (Å²) < 4.78 is 54.1. The molecule has 27 heavy (non-hydrogen) atoms. The minimum atomic E-state index is -6.00. The topological polar surface area (TPSA) is 45.5 Å². The number of rotatable bonds is 0. The predicted octanol–water partition coefficient (Wildman–Crippen LogP) is 2.97. The van der Waals surface area contributed by atoms with Gasteiger partial charge in [0.1, 0.15) is 0 Å². The first-order valence-electron chi connectivity index (χ1n) is 10.1. The fraction of sp³-hybridized carbons (Fsp3) is 0.941. The summed E-state index contributed by atoms with van der Waals surface area (Å²) in [4.78, 5) is 0. The van der Waals surface area contributed by atoms with Crippen LogP contribution in [0.4, 0.5) is 17.3 Å². The van der Waals surface area contributed by atoms with Crippen molar-refractivity contribution < 1.29 is 31.3 Å². The molecule has 0 unspecified atom stereocenters. The molecule has 0 aromatic heterocycles. The number of nitrogens with one attached hydrogen (secondary N) is 2. The van der Waals surface area contributed by atoms with Crippen molar-refractivity contribution in [2.24, 2.45) is 0 Å². The maximum Gasteiger partial charge on any atom is 0.673 e. The molecule has 2 N–H and O–H groups in total. The molecule has 5 heterocycles. The molecule has 3 fully saturated rings. The quantitative estimate of drug-likeness (QED) is 0.378. The van der Waals surface area contributed by atoms with Crippen LogP contribution >= 0.6 is 0 Å². The van der Waals surface area contributed by atoms with Crippen molar-refractivity contribution in [1.29, 1.82) is 0 Å². The summed E-state index contributed by atoms with van der Waals surface area (Å²) in [5, 5.41) is 7.54.